The quantitative estimate of drug-likeness (QED) is 0.805. The number of thiophene rings is 1. The van der Waals surface area contributed by atoms with Crippen LogP contribution < -0.4 is 5.56 Å². The summed E-state index contributed by atoms with van der Waals surface area (Å²) >= 11 is 1.60. The topological polar surface area (TPSA) is 63.6 Å². The lowest BCUT2D eigenvalue weighted by molar-refractivity contribution is 0.660. The predicted molar refractivity (Wildman–Crippen MR) is 85.0 cm³/mol. The van der Waals surface area contributed by atoms with E-state index in [1.807, 2.05) is 19.9 Å². The van der Waals surface area contributed by atoms with Crippen molar-refractivity contribution >= 4 is 21.6 Å². The van der Waals surface area contributed by atoms with Crippen LogP contribution >= 0.6 is 11.3 Å². The third-order valence-electron chi connectivity index (χ3n) is 3.80. The largest absolute Gasteiger partial charge is 0.298 e. The molecule has 0 aliphatic heterocycles. The molecule has 0 atom stereocenters. The molecule has 0 aliphatic carbocycles. The number of hydrogen-bond donors (Lipinski definition) is 1. The molecule has 3 aromatic heterocycles. The third kappa shape index (κ3) is 2.51. The molecule has 3 heterocycles. The van der Waals surface area contributed by atoms with Crippen molar-refractivity contribution in [3.63, 3.8) is 0 Å². The highest BCUT2D eigenvalue weighted by Crippen LogP contribution is 2.21. The minimum absolute atomic E-state index is 0.0507. The van der Waals surface area contributed by atoms with Gasteiger partial charge in [0.05, 0.1) is 17.4 Å². The molecule has 0 spiro atoms. The molecular formula is C15H18N4OS. The Hall–Kier alpha value is -1.95. The maximum absolute atomic E-state index is 12.5. The fourth-order valence-corrected chi connectivity index (χ4v) is 3.44. The van der Waals surface area contributed by atoms with E-state index >= 15 is 0 Å². The molecule has 6 heteroatoms. The number of nitrogens with zero attached hydrogens (tertiary/aromatic N) is 3. The van der Waals surface area contributed by atoms with Crippen molar-refractivity contribution in [2.24, 2.45) is 0 Å². The van der Waals surface area contributed by atoms with E-state index in [0.29, 0.717) is 6.54 Å². The summed E-state index contributed by atoms with van der Waals surface area (Å²) in [6.07, 6.45) is 3.38. The molecule has 21 heavy (non-hydrogen) atoms. The lowest BCUT2D eigenvalue weighted by atomic mass is 10.1. The van der Waals surface area contributed by atoms with Crippen LogP contribution in [0.15, 0.2) is 17.2 Å². The summed E-state index contributed by atoms with van der Waals surface area (Å²) < 4.78 is 1.69. The highest BCUT2D eigenvalue weighted by molar-refractivity contribution is 7.18. The second kappa shape index (κ2) is 5.44. The van der Waals surface area contributed by atoms with Crippen LogP contribution in [-0.2, 0) is 19.4 Å². The van der Waals surface area contributed by atoms with Gasteiger partial charge in [0.25, 0.3) is 5.56 Å². The van der Waals surface area contributed by atoms with Gasteiger partial charge in [-0.1, -0.05) is 6.92 Å². The predicted octanol–water partition coefficient (Wildman–Crippen LogP) is 2.60. The van der Waals surface area contributed by atoms with Crippen molar-refractivity contribution in [2.75, 3.05) is 0 Å². The molecule has 0 radical (unpaired) electrons. The molecule has 0 amide bonds. The minimum Gasteiger partial charge on any atom is -0.298 e. The van der Waals surface area contributed by atoms with E-state index in [1.54, 1.807) is 22.2 Å². The number of rotatable bonds is 4. The summed E-state index contributed by atoms with van der Waals surface area (Å²) in [7, 11) is 0. The zero-order valence-electron chi connectivity index (χ0n) is 12.4. The van der Waals surface area contributed by atoms with E-state index in [-0.39, 0.29) is 5.56 Å². The minimum atomic E-state index is 0.0507. The number of aromatic amines is 1. The smallest absolute Gasteiger partial charge is 0.262 e. The molecule has 0 unspecified atom stereocenters. The van der Waals surface area contributed by atoms with Crippen LogP contribution in [0.5, 0.6) is 0 Å². The Morgan fingerprint density at radius 2 is 2.19 bits per heavy atom. The standard InChI is InChI=1S/C15H18N4OS/c1-4-11-7-13-14(21-11)16-8-19(15(13)20)6-5-12-9(2)17-18-10(12)3/h7-8H,4-6H2,1-3H3,(H,17,18). The van der Waals surface area contributed by atoms with E-state index in [1.165, 1.54) is 10.4 Å². The Morgan fingerprint density at radius 3 is 2.86 bits per heavy atom. The Kier molecular flexibility index (Phi) is 3.63. The van der Waals surface area contributed by atoms with Crippen LogP contribution in [0.3, 0.4) is 0 Å². The molecule has 1 N–H and O–H groups in total. The average molecular weight is 302 g/mol. The van der Waals surface area contributed by atoms with Crippen LogP contribution in [-0.4, -0.2) is 19.7 Å². The second-order valence-electron chi connectivity index (χ2n) is 5.19. The SMILES string of the molecule is CCc1cc2c(=O)n(CCc3c(C)n[nH]c3C)cnc2s1. The Bertz CT molecular complexity index is 824. The summed E-state index contributed by atoms with van der Waals surface area (Å²) in [4.78, 5) is 18.9. The van der Waals surface area contributed by atoms with E-state index in [2.05, 4.69) is 22.1 Å². The fourth-order valence-electron chi connectivity index (χ4n) is 2.52. The van der Waals surface area contributed by atoms with Crippen molar-refractivity contribution < 1.29 is 0 Å². The summed E-state index contributed by atoms with van der Waals surface area (Å²) in [5, 5.41) is 7.90. The summed E-state index contributed by atoms with van der Waals surface area (Å²) in [5.41, 5.74) is 3.30. The molecular weight excluding hydrogens is 284 g/mol. The van der Waals surface area contributed by atoms with E-state index in [0.717, 1.165) is 34.4 Å². The molecule has 0 bridgehead atoms. The first kappa shape index (κ1) is 14.0. The molecule has 3 aromatic rings. The van der Waals surface area contributed by atoms with Gasteiger partial charge in [-0.25, -0.2) is 4.98 Å². The molecule has 5 nitrogen and oxygen atoms in total. The van der Waals surface area contributed by atoms with Gasteiger partial charge >= 0.3 is 0 Å². The van der Waals surface area contributed by atoms with Crippen molar-refractivity contribution in [1.29, 1.82) is 0 Å². The normalized spacial score (nSPS) is 11.4. The molecule has 0 aliphatic rings. The zero-order chi connectivity index (χ0) is 15.0. The molecule has 0 saturated heterocycles. The highest BCUT2D eigenvalue weighted by Gasteiger charge is 2.10. The van der Waals surface area contributed by atoms with Gasteiger partial charge in [0.2, 0.25) is 0 Å². The van der Waals surface area contributed by atoms with Gasteiger partial charge in [0, 0.05) is 17.1 Å². The van der Waals surface area contributed by atoms with E-state index in [4.69, 9.17) is 0 Å². The first-order chi connectivity index (χ1) is 10.1. The number of aryl methyl sites for hydroxylation is 4. The highest BCUT2D eigenvalue weighted by atomic mass is 32.1. The van der Waals surface area contributed by atoms with Gasteiger partial charge in [-0.15, -0.1) is 11.3 Å². The van der Waals surface area contributed by atoms with E-state index in [9.17, 15) is 4.79 Å². The van der Waals surface area contributed by atoms with Crippen molar-refractivity contribution in [2.45, 2.75) is 40.2 Å². The van der Waals surface area contributed by atoms with Gasteiger partial charge in [0.15, 0.2) is 0 Å². The van der Waals surface area contributed by atoms with Gasteiger partial charge in [0.1, 0.15) is 4.83 Å². The number of nitrogens with one attached hydrogen (secondary N) is 1. The summed E-state index contributed by atoms with van der Waals surface area (Å²) in [6.45, 7) is 6.70. The molecule has 0 aromatic carbocycles. The van der Waals surface area contributed by atoms with Crippen LogP contribution in [0.25, 0.3) is 10.2 Å². The Balaban J connectivity index is 1.91. The first-order valence-electron chi connectivity index (χ1n) is 7.08. The van der Waals surface area contributed by atoms with Gasteiger partial charge < -0.3 is 0 Å². The van der Waals surface area contributed by atoms with Crippen LogP contribution in [0.1, 0.15) is 28.8 Å². The van der Waals surface area contributed by atoms with Gasteiger partial charge in [-0.2, -0.15) is 5.10 Å². The lowest BCUT2D eigenvalue weighted by Gasteiger charge is -2.05. The van der Waals surface area contributed by atoms with Gasteiger partial charge in [-0.05, 0) is 38.3 Å². The van der Waals surface area contributed by atoms with E-state index < -0.39 is 0 Å². The lowest BCUT2D eigenvalue weighted by Crippen LogP contribution is -2.21. The average Bonchev–Trinajstić information content (AvgIpc) is 3.04. The molecule has 110 valence electrons. The first-order valence-corrected chi connectivity index (χ1v) is 7.90. The van der Waals surface area contributed by atoms with Crippen LogP contribution in [0, 0.1) is 13.8 Å². The molecule has 0 fully saturated rings. The van der Waals surface area contributed by atoms with Crippen molar-refractivity contribution in [1.82, 2.24) is 19.7 Å². The molecule has 0 saturated carbocycles. The van der Waals surface area contributed by atoms with Crippen molar-refractivity contribution in [3.05, 3.63) is 44.6 Å². The third-order valence-corrected chi connectivity index (χ3v) is 4.99. The Labute approximate surface area is 126 Å². The fraction of sp³-hybridized carbons (Fsp3) is 0.400. The monoisotopic (exact) mass is 302 g/mol. The summed E-state index contributed by atoms with van der Waals surface area (Å²) in [6, 6.07) is 1.97. The van der Waals surface area contributed by atoms with Crippen molar-refractivity contribution in [3.8, 4) is 0 Å². The van der Waals surface area contributed by atoms with Crippen LogP contribution in [0.4, 0.5) is 0 Å². The number of aromatic nitrogens is 4. The number of fused-ring (bicyclic) bond motifs is 1. The number of hydrogen-bond acceptors (Lipinski definition) is 4. The maximum atomic E-state index is 12.5. The number of H-pyrrole nitrogens is 1. The second-order valence-corrected chi connectivity index (χ2v) is 6.31. The maximum Gasteiger partial charge on any atom is 0.262 e. The van der Waals surface area contributed by atoms with Crippen LogP contribution in [0.2, 0.25) is 0 Å². The zero-order valence-corrected chi connectivity index (χ0v) is 13.3. The summed E-state index contributed by atoms with van der Waals surface area (Å²) in [5.74, 6) is 0. The Morgan fingerprint density at radius 1 is 1.38 bits per heavy atom. The van der Waals surface area contributed by atoms with Gasteiger partial charge in [-0.3, -0.25) is 14.5 Å². The molecule has 3 rings (SSSR count).